The quantitative estimate of drug-likeness (QED) is 0.491. The van der Waals surface area contributed by atoms with E-state index < -0.39 is 4.92 Å². The summed E-state index contributed by atoms with van der Waals surface area (Å²) in [5.41, 5.74) is 5.04. The average Bonchev–Trinajstić information content (AvgIpc) is 3.28. The Morgan fingerprint density at radius 1 is 1.29 bits per heavy atom. The fraction of sp³-hybridized carbons (Fsp3) is 0.300. The van der Waals surface area contributed by atoms with E-state index >= 15 is 0 Å². The predicted molar refractivity (Wildman–Crippen MR) is 108 cm³/mol. The molecule has 0 aliphatic carbocycles. The van der Waals surface area contributed by atoms with E-state index in [1.54, 1.807) is 11.6 Å². The Labute approximate surface area is 166 Å². The molecule has 3 aromatic rings. The Kier molecular flexibility index (Phi) is 4.72. The molecular formula is C20H20N4O3S. The highest BCUT2D eigenvalue weighted by Crippen LogP contribution is 2.30. The molecule has 1 aliphatic heterocycles. The van der Waals surface area contributed by atoms with Crippen LogP contribution in [0.3, 0.4) is 0 Å². The molecular weight excluding hydrogens is 376 g/mol. The van der Waals surface area contributed by atoms with Crippen molar-refractivity contribution in [1.29, 1.82) is 0 Å². The number of benzene rings is 1. The number of carbonyl (C=O) groups excluding carboxylic acids is 1. The van der Waals surface area contributed by atoms with Gasteiger partial charge in [0.15, 0.2) is 0 Å². The highest BCUT2D eigenvalue weighted by molar-refractivity contribution is 7.12. The molecule has 1 amide bonds. The van der Waals surface area contributed by atoms with Gasteiger partial charge in [0, 0.05) is 12.2 Å². The van der Waals surface area contributed by atoms with Crippen molar-refractivity contribution in [2.45, 2.75) is 33.2 Å². The van der Waals surface area contributed by atoms with E-state index in [0.717, 1.165) is 24.1 Å². The highest BCUT2D eigenvalue weighted by Gasteiger charge is 2.25. The number of nitro groups is 1. The maximum Gasteiger partial charge on any atom is 0.390 e. The summed E-state index contributed by atoms with van der Waals surface area (Å²) in [6, 6.07) is 9.54. The van der Waals surface area contributed by atoms with Crippen molar-refractivity contribution in [2.75, 3.05) is 11.4 Å². The lowest BCUT2D eigenvalue weighted by Crippen LogP contribution is -2.35. The standard InChI is InChI=1S/C20H20N4O3S/c1-13-5-6-17-16(8-13)4-3-7-22(17)20(25)18-10-15(12-28-18)11-23-14(2)9-19(21-23)24(26)27/h5-6,8-10,12H,3-4,7,11H2,1-2H3. The van der Waals surface area contributed by atoms with E-state index in [-0.39, 0.29) is 11.7 Å². The van der Waals surface area contributed by atoms with E-state index in [0.29, 0.717) is 23.7 Å². The lowest BCUT2D eigenvalue weighted by Gasteiger charge is -2.29. The van der Waals surface area contributed by atoms with Gasteiger partial charge in [0.05, 0.1) is 28.3 Å². The summed E-state index contributed by atoms with van der Waals surface area (Å²) >= 11 is 1.40. The van der Waals surface area contributed by atoms with Crippen LogP contribution in [0.15, 0.2) is 35.7 Å². The number of carbonyl (C=O) groups is 1. The number of rotatable bonds is 4. The van der Waals surface area contributed by atoms with Crippen LogP contribution in [0.25, 0.3) is 0 Å². The van der Waals surface area contributed by atoms with Crippen molar-refractivity contribution < 1.29 is 9.72 Å². The van der Waals surface area contributed by atoms with Gasteiger partial charge in [-0.3, -0.25) is 4.79 Å². The van der Waals surface area contributed by atoms with Crippen LogP contribution >= 0.6 is 11.3 Å². The number of aromatic nitrogens is 2. The number of amides is 1. The van der Waals surface area contributed by atoms with Crippen molar-refractivity contribution in [3.63, 3.8) is 0 Å². The molecule has 4 rings (SSSR count). The molecule has 0 N–H and O–H groups in total. The molecule has 0 fully saturated rings. The molecule has 3 heterocycles. The number of anilines is 1. The number of fused-ring (bicyclic) bond motifs is 1. The molecule has 1 aromatic carbocycles. The first-order chi connectivity index (χ1) is 13.4. The second-order valence-electron chi connectivity index (χ2n) is 7.07. The molecule has 0 atom stereocenters. The molecule has 0 spiro atoms. The minimum Gasteiger partial charge on any atom is -0.358 e. The fourth-order valence-corrected chi connectivity index (χ4v) is 4.41. The summed E-state index contributed by atoms with van der Waals surface area (Å²) in [4.78, 5) is 26.0. The lowest BCUT2D eigenvalue weighted by atomic mass is 9.99. The van der Waals surface area contributed by atoms with Crippen molar-refractivity contribution in [2.24, 2.45) is 0 Å². The molecule has 0 radical (unpaired) electrons. The van der Waals surface area contributed by atoms with Crippen LogP contribution in [-0.4, -0.2) is 27.2 Å². The van der Waals surface area contributed by atoms with Crippen LogP contribution < -0.4 is 4.90 Å². The van der Waals surface area contributed by atoms with Gasteiger partial charge < -0.3 is 15.0 Å². The maximum atomic E-state index is 13.1. The minimum atomic E-state index is -0.498. The molecule has 1 aliphatic rings. The monoisotopic (exact) mass is 396 g/mol. The molecule has 0 unspecified atom stereocenters. The van der Waals surface area contributed by atoms with E-state index in [9.17, 15) is 14.9 Å². The second kappa shape index (κ2) is 7.20. The zero-order valence-electron chi connectivity index (χ0n) is 15.7. The summed E-state index contributed by atoms with van der Waals surface area (Å²) < 4.78 is 1.59. The lowest BCUT2D eigenvalue weighted by molar-refractivity contribution is -0.389. The molecule has 2 aromatic heterocycles. The van der Waals surface area contributed by atoms with Gasteiger partial charge in [-0.25, -0.2) is 0 Å². The SMILES string of the molecule is Cc1ccc2c(c1)CCCN2C(=O)c1cc(Cn2nc([N+](=O)[O-])cc2C)cs1. The Morgan fingerprint density at radius 3 is 2.86 bits per heavy atom. The first-order valence-electron chi connectivity index (χ1n) is 9.10. The van der Waals surface area contributed by atoms with E-state index in [1.807, 2.05) is 28.5 Å². The zero-order valence-corrected chi connectivity index (χ0v) is 16.5. The number of aryl methyl sites for hydroxylation is 3. The van der Waals surface area contributed by atoms with Gasteiger partial charge in [-0.15, -0.1) is 11.3 Å². The van der Waals surface area contributed by atoms with Crippen molar-refractivity contribution in [3.05, 3.63) is 73.1 Å². The van der Waals surface area contributed by atoms with E-state index in [1.165, 1.54) is 28.5 Å². The fourth-order valence-electron chi connectivity index (χ4n) is 3.56. The summed E-state index contributed by atoms with van der Waals surface area (Å²) in [7, 11) is 0. The normalized spacial score (nSPS) is 13.4. The van der Waals surface area contributed by atoms with Crippen LogP contribution in [0.5, 0.6) is 0 Å². The Hall–Kier alpha value is -3.00. The van der Waals surface area contributed by atoms with Crippen LogP contribution in [0.2, 0.25) is 0 Å². The molecule has 28 heavy (non-hydrogen) atoms. The van der Waals surface area contributed by atoms with Crippen molar-refractivity contribution in [3.8, 4) is 0 Å². The van der Waals surface area contributed by atoms with Crippen molar-refractivity contribution >= 4 is 28.7 Å². The van der Waals surface area contributed by atoms with Gasteiger partial charge >= 0.3 is 5.82 Å². The van der Waals surface area contributed by atoms with Gasteiger partial charge in [-0.2, -0.15) is 4.68 Å². The molecule has 0 bridgehead atoms. The zero-order chi connectivity index (χ0) is 19.8. The van der Waals surface area contributed by atoms with Crippen LogP contribution in [0, 0.1) is 24.0 Å². The summed E-state index contributed by atoms with van der Waals surface area (Å²) in [5.74, 6) is -0.159. The third kappa shape index (κ3) is 3.43. The van der Waals surface area contributed by atoms with Gasteiger partial charge in [-0.1, -0.05) is 17.7 Å². The first-order valence-corrected chi connectivity index (χ1v) is 9.98. The molecule has 7 nitrogen and oxygen atoms in total. The Bertz CT molecular complexity index is 1070. The van der Waals surface area contributed by atoms with Gasteiger partial charge in [0.1, 0.15) is 0 Å². The van der Waals surface area contributed by atoms with Gasteiger partial charge in [0.25, 0.3) is 5.91 Å². The Balaban J connectivity index is 1.55. The number of hydrogen-bond donors (Lipinski definition) is 0. The smallest absolute Gasteiger partial charge is 0.358 e. The predicted octanol–water partition coefficient (Wildman–Crippen LogP) is 4.11. The Morgan fingerprint density at radius 2 is 2.11 bits per heavy atom. The van der Waals surface area contributed by atoms with Gasteiger partial charge in [0.2, 0.25) is 0 Å². The third-order valence-electron chi connectivity index (χ3n) is 4.95. The number of nitrogens with zero attached hydrogens (tertiary/aromatic N) is 4. The topological polar surface area (TPSA) is 81.3 Å². The number of hydrogen-bond acceptors (Lipinski definition) is 5. The summed E-state index contributed by atoms with van der Waals surface area (Å²) in [5, 5.41) is 16.8. The van der Waals surface area contributed by atoms with Crippen LogP contribution in [0.1, 0.15) is 38.5 Å². The molecule has 144 valence electrons. The average molecular weight is 396 g/mol. The van der Waals surface area contributed by atoms with Crippen molar-refractivity contribution in [1.82, 2.24) is 9.78 Å². The summed E-state index contributed by atoms with van der Waals surface area (Å²) in [6.07, 6.45) is 1.95. The number of thiophene rings is 1. The van der Waals surface area contributed by atoms with E-state index in [4.69, 9.17) is 0 Å². The third-order valence-corrected chi connectivity index (χ3v) is 5.92. The van der Waals surface area contributed by atoms with Crippen LogP contribution in [0.4, 0.5) is 11.5 Å². The van der Waals surface area contributed by atoms with E-state index in [2.05, 4.69) is 18.1 Å². The molecule has 8 heteroatoms. The highest BCUT2D eigenvalue weighted by atomic mass is 32.1. The van der Waals surface area contributed by atoms with Gasteiger partial charge in [-0.05, 0) is 60.3 Å². The minimum absolute atomic E-state index is 0.00391. The second-order valence-corrected chi connectivity index (χ2v) is 7.98. The summed E-state index contributed by atoms with van der Waals surface area (Å²) in [6.45, 7) is 4.96. The maximum absolute atomic E-state index is 13.1. The molecule has 0 saturated heterocycles. The molecule has 0 saturated carbocycles. The van der Waals surface area contributed by atoms with Crippen LogP contribution in [-0.2, 0) is 13.0 Å². The first kappa shape index (κ1) is 18.4. The largest absolute Gasteiger partial charge is 0.390 e.